The number of hydrogen-bond acceptors (Lipinski definition) is 4. The average Bonchev–Trinajstić information content (AvgIpc) is 3.14. The van der Waals surface area contributed by atoms with E-state index in [0.29, 0.717) is 30.0 Å². The lowest BCUT2D eigenvalue weighted by Gasteiger charge is -2.25. The van der Waals surface area contributed by atoms with Crippen LogP contribution in [0.25, 0.3) is 0 Å². The van der Waals surface area contributed by atoms with Crippen molar-refractivity contribution in [2.75, 3.05) is 23.3 Å². The summed E-state index contributed by atoms with van der Waals surface area (Å²) in [7, 11) is 0. The summed E-state index contributed by atoms with van der Waals surface area (Å²) in [6.07, 6.45) is 3.01. The van der Waals surface area contributed by atoms with E-state index in [1.54, 1.807) is 41.4 Å². The normalized spacial score (nSPS) is 18.8. The van der Waals surface area contributed by atoms with E-state index in [0.717, 1.165) is 12.0 Å². The predicted octanol–water partition coefficient (Wildman–Crippen LogP) is 1.98. The number of pyridine rings is 1. The second-order valence-corrected chi connectivity index (χ2v) is 6.82. The molecule has 4 rings (SSSR count). The summed E-state index contributed by atoms with van der Waals surface area (Å²) >= 11 is 0. The Balaban J connectivity index is 1.65. The van der Waals surface area contributed by atoms with Gasteiger partial charge in [-0.15, -0.1) is 0 Å². The minimum Gasteiger partial charge on any atom is -0.327 e. The molecule has 7 heteroatoms. The van der Waals surface area contributed by atoms with Gasteiger partial charge in [0.25, 0.3) is 5.91 Å². The largest absolute Gasteiger partial charge is 0.327 e. The zero-order valence-electron chi connectivity index (χ0n) is 15.0. The van der Waals surface area contributed by atoms with Crippen LogP contribution >= 0.6 is 0 Å². The van der Waals surface area contributed by atoms with Gasteiger partial charge in [-0.25, -0.2) is 4.98 Å². The van der Waals surface area contributed by atoms with Crippen LogP contribution in [0.5, 0.6) is 0 Å². The zero-order chi connectivity index (χ0) is 19.0. The van der Waals surface area contributed by atoms with Crippen LogP contribution in [0, 0.1) is 6.92 Å². The summed E-state index contributed by atoms with van der Waals surface area (Å²) in [6.45, 7) is 2.25. The van der Waals surface area contributed by atoms with Gasteiger partial charge >= 0.3 is 0 Å². The number of anilines is 2. The molecule has 1 atom stereocenters. The molecule has 1 unspecified atom stereocenters. The maximum absolute atomic E-state index is 13.1. The molecule has 1 N–H and O–H groups in total. The molecule has 1 saturated heterocycles. The first-order valence-corrected chi connectivity index (χ1v) is 8.99. The molecule has 7 nitrogen and oxygen atoms in total. The Bertz CT molecular complexity index is 927. The van der Waals surface area contributed by atoms with Crippen molar-refractivity contribution in [1.29, 1.82) is 0 Å². The molecule has 27 heavy (non-hydrogen) atoms. The second kappa shape index (κ2) is 6.83. The van der Waals surface area contributed by atoms with E-state index in [1.165, 1.54) is 4.90 Å². The number of fused-ring (bicyclic) bond motifs is 2. The third kappa shape index (κ3) is 3.05. The highest BCUT2D eigenvalue weighted by molar-refractivity contribution is 6.13. The lowest BCUT2D eigenvalue weighted by molar-refractivity contribution is -0.124. The molecular weight excluding hydrogens is 344 g/mol. The summed E-state index contributed by atoms with van der Waals surface area (Å²) in [5.41, 5.74) is 1.78. The first kappa shape index (κ1) is 17.2. The molecule has 0 bridgehead atoms. The third-order valence-electron chi connectivity index (χ3n) is 5.06. The van der Waals surface area contributed by atoms with Crippen LogP contribution < -0.4 is 10.2 Å². The van der Waals surface area contributed by atoms with Crippen molar-refractivity contribution in [2.45, 2.75) is 25.8 Å². The van der Waals surface area contributed by atoms with Gasteiger partial charge in [-0.1, -0.05) is 18.2 Å². The van der Waals surface area contributed by atoms with Crippen molar-refractivity contribution in [3.63, 3.8) is 0 Å². The van der Waals surface area contributed by atoms with E-state index >= 15 is 0 Å². The smallest absolute Gasteiger partial charge is 0.256 e. The quantitative estimate of drug-likeness (QED) is 0.903. The number of nitrogens with one attached hydrogen (secondary N) is 1. The maximum Gasteiger partial charge on any atom is 0.256 e. The molecule has 3 heterocycles. The Kier molecular flexibility index (Phi) is 4.35. The van der Waals surface area contributed by atoms with Crippen LogP contribution in [-0.2, 0) is 9.59 Å². The molecule has 0 radical (unpaired) electrons. The summed E-state index contributed by atoms with van der Waals surface area (Å²) in [6, 6.07) is 10.1. The van der Waals surface area contributed by atoms with E-state index in [-0.39, 0.29) is 24.3 Å². The Hall–Kier alpha value is -3.22. The van der Waals surface area contributed by atoms with Gasteiger partial charge < -0.3 is 15.1 Å². The number of carbonyl (C=O) groups is 3. The molecule has 0 aliphatic carbocycles. The van der Waals surface area contributed by atoms with Crippen LogP contribution in [0.3, 0.4) is 0 Å². The van der Waals surface area contributed by atoms with Gasteiger partial charge in [-0.2, -0.15) is 0 Å². The van der Waals surface area contributed by atoms with Gasteiger partial charge in [0, 0.05) is 12.7 Å². The van der Waals surface area contributed by atoms with Crippen LogP contribution in [-0.4, -0.2) is 46.7 Å². The highest BCUT2D eigenvalue weighted by Gasteiger charge is 2.42. The van der Waals surface area contributed by atoms with Crippen LogP contribution in [0.1, 0.15) is 28.8 Å². The predicted molar refractivity (Wildman–Crippen MR) is 100 cm³/mol. The molecule has 0 saturated carbocycles. The lowest BCUT2D eigenvalue weighted by Crippen LogP contribution is -2.47. The molecule has 0 spiro atoms. The van der Waals surface area contributed by atoms with Crippen molar-refractivity contribution in [1.82, 2.24) is 9.88 Å². The third-order valence-corrected chi connectivity index (χ3v) is 5.06. The molecule has 138 valence electrons. The molecule has 1 aromatic heterocycles. The van der Waals surface area contributed by atoms with Gasteiger partial charge in [0.1, 0.15) is 18.4 Å². The Morgan fingerprint density at radius 2 is 2.04 bits per heavy atom. The van der Waals surface area contributed by atoms with Gasteiger partial charge in [0.2, 0.25) is 11.8 Å². The Morgan fingerprint density at radius 1 is 1.22 bits per heavy atom. The van der Waals surface area contributed by atoms with Crippen molar-refractivity contribution >= 4 is 29.2 Å². The number of aryl methyl sites for hydroxylation is 1. The summed E-state index contributed by atoms with van der Waals surface area (Å²) in [5.74, 6) is -0.237. The van der Waals surface area contributed by atoms with Crippen LogP contribution in [0.15, 0.2) is 42.6 Å². The number of amides is 3. The van der Waals surface area contributed by atoms with E-state index in [4.69, 9.17) is 0 Å². The number of benzene rings is 1. The fourth-order valence-corrected chi connectivity index (χ4v) is 3.70. The second-order valence-electron chi connectivity index (χ2n) is 6.82. The summed E-state index contributed by atoms with van der Waals surface area (Å²) < 4.78 is 0. The first-order valence-electron chi connectivity index (χ1n) is 8.99. The number of aromatic nitrogens is 1. The Labute approximate surface area is 157 Å². The highest BCUT2D eigenvalue weighted by Crippen LogP contribution is 2.32. The minimum absolute atomic E-state index is 0.148. The van der Waals surface area contributed by atoms with Gasteiger partial charge in [0.05, 0.1) is 11.3 Å². The van der Waals surface area contributed by atoms with Crippen LogP contribution in [0.4, 0.5) is 11.5 Å². The summed E-state index contributed by atoms with van der Waals surface area (Å²) in [4.78, 5) is 45.8. The fourth-order valence-electron chi connectivity index (χ4n) is 3.70. The van der Waals surface area contributed by atoms with Crippen LogP contribution in [0.2, 0.25) is 0 Å². The van der Waals surface area contributed by atoms with E-state index in [9.17, 15) is 14.4 Å². The van der Waals surface area contributed by atoms with Crippen molar-refractivity contribution < 1.29 is 14.4 Å². The van der Waals surface area contributed by atoms with Gasteiger partial charge in [0.15, 0.2) is 0 Å². The molecule has 2 aliphatic rings. The number of para-hydroxylation sites is 1. The topological polar surface area (TPSA) is 82.6 Å². The highest BCUT2D eigenvalue weighted by atomic mass is 16.2. The average molecular weight is 364 g/mol. The SMILES string of the molecule is Cc1cccnc1NC(=O)CN1C(=O)C2CCCN2C(=O)c2ccccc21. The van der Waals surface area contributed by atoms with Crippen molar-refractivity contribution in [3.05, 3.63) is 53.7 Å². The molecule has 3 amide bonds. The van der Waals surface area contributed by atoms with E-state index in [2.05, 4.69) is 10.3 Å². The standard InChI is InChI=1S/C20H20N4O3/c1-13-6-4-10-21-18(13)22-17(25)12-24-15-8-3-2-7-14(15)19(26)23-11-5-9-16(23)20(24)27/h2-4,6-8,10,16H,5,9,11-12H2,1H3,(H,21,22,25). The van der Waals surface area contributed by atoms with Crippen molar-refractivity contribution in [3.8, 4) is 0 Å². The lowest BCUT2D eigenvalue weighted by atomic mass is 10.1. The van der Waals surface area contributed by atoms with Gasteiger partial charge in [-0.3, -0.25) is 14.4 Å². The number of nitrogens with zero attached hydrogens (tertiary/aromatic N) is 3. The molecule has 2 aromatic rings. The van der Waals surface area contributed by atoms with Crippen molar-refractivity contribution in [2.24, 2.45) is 0 Å². The number of carbonyl (C=O) groups excluding carboxylic acids is 3. The maximum atomic E-state index is 13.1. The minimum atomic E-state index is -0.505. The number of hydrogen-bond donors (Lipinski definition) is 1. The molecule has 2 aliphatic heterocycles. The Morgan fingerprint density at radius 3 is 2.85 bits per heavy atom. The van der Waals surface area contributed by atoms with E-state index < -0.39 is 6.04 Å². The number of rotatable bonds is 3. The monoisotopic (exact) mass is 364 g/mol. The zero-order valence-corrected chi connectivity index (χ0v) is 15.0. The van der Waals surface area contributed by atoms with E-state index in [1.807, 2.05) is 13.0 Å². The molecular formula is C20H20N4O3. The molecule has 1 aromatic carbocycles. The first-order chi connectivity index (χ1) is 13.1. The summed E-state index contributed by atoms with van der Waals surface area (Å²) in [5, 5.41) is 2.76. The van der Waals surface area contributed by atoms with Gasteiger partial charge in [-0.05, 0) is 43.5 Å². The fraction of sp³-hybridized carbons (Fsp3) is 0.300. The molecule has 1 fully saturated rings.